The van der Waals surface area contributed by atoms with Crippen molar-refractivity contribution in [1.82, 2.24) is 9.88 Å². The number of benzene rings is 1. The summed E-state index contributed by atoms with van der Waals surface area (Å²) in [7, 11) is 0. The van der Waals surface area contributed by atoms with Crippen molar-refractivity contribution in [3.63, 3.8) is 0 Å². The number of aliphatic carboxylic acids is 1. The van der Waals surface area contributed by atoms with E-state index in [1.165, 1.54) is 0 Å². The van der Waals surface area contributed by atoms with Crippen molar-refractivity contribution >= 4 is 11.9 Å². The number of amides is 1. The van der Waals surface area contributed by atoms with Crippen LogP contribution in [-0.4, -0.2) is 39.5 Å². The fourth-order valence-electron chi connectivity index (χ4n) is 2.59. The van der Waals surface area contributed by atoms with Gasteiger partial charge in [-0.3, -0.25) is 9.59 Å². The second-order valence-corrected chi connectivity index (χ2v) is 6.23. The SMILES string of the molecule is Cc1nc(-c2ccccc2)oc1C(=O)N(CC(C)C(=O)O)C1CC1. The van der Waals surface area contributed by atoms with Gasteiger partial charge in [0.05, 0.1) is 11.6 Å². The quantitative estimate of drug-likeness (QED) is 0.881. The molecule has 6 nitrogen and oxygen atoms in total. The number of aromatic nitrogens is 1. The third-order valence-electron chi connectivity index (χ3n) is 4.15. The normalized spacial score (nSPS) is 15.1. The Bertz CT molecular complexity index is 750. The number of carboxylic acids is 1. The van der Waals surface area contributed by atoms with E-state index in [4.69, 9.17) is 9.52 Å². The second kappa shape index (κ2) is 6.47. The third-order valence-corrected chi connectivity index (χ3v) is 4.15. The predicted molar refractivity (Wildman–Crippen MR) is 87.5 cm³/mol. The number of rotatable bonds is 6. The molecule has 0 radical (unpaired) electrons. The fourth-order valence-corrected chi connectivity index (χ4v) is 2.59. The lowest BCUT2D eigenvalue weighted by atomic mass is 10.1. The minimum Gasteiger partial charge on any atom is -0.481 e. The van der Waals surface area contributed by atoms with Crippen LogP contribution in [0.1, 0.15) is 36.0 Å². The molecule has 0 saturated heterocycles. The molecule has 1 aliphatic carbocycles. The number of hydrogen-bond acceptors (Lipinski definition) is 4. The highest BCUT2D eigenvalue weighted by atomic mass is 16.4. The highest BCUT2D eigenvalue weighted by molar-refractivity contribution is 5.93. The summed E-state index contributed by atoms with van der Waals surface area (Å²) in [5.41, 5.74) is 1.32. The van der Waals surface area contributed by atoms with Crippen LogP contribution in [-0.2, 0) is 4.79 Å². The van der Waals surface area contributed by atoms with E-state index in [2.05, 4.69) is 4.98 Å². The first-order chi connectivity index (χ1) is 11.5. The Morgan fingerprint density at radius 1 is 1.33 bits per heavy atom. The van der Waals surface area contributed by atoms with E-state index in [9.17, 15) is 9.59 Å². The van der Waals surface area contributed by atoms with E-state index >= 15 is 0 Å². The average molecular weight is 328 g/mol. The van der Waals surface area contributed by atoms with Gasteiger partial charge in [0.25, 0.3) is 5.91 Å². The molecule has 1 aliphatic rings. The Hall–Kier alpha value is -2.63. The first-order valence-corrected chi connectivity index (χ1v) is 8.04. The summed E-state index contributed by atoms with van der Waals surface area (Å²) in [6.45, 7) is 3.52. The number of carbonyl (C=O) groups excluding carboxylic acids is 1. The molecule has 3 rings (SSSR count). The Morgan fingerprint density at radius 3 is 2.58 bits per heavy atom. The van der Waals surface area contributed by atoms with Crippen LogP contribution in [0.2, 0.25) is 0 Å². The highest BCUT2D eigenvalue weighted by Gasteiger charge is 2.37. The van der Waals surface area contributed by atoms with Crippen molar-refractivity contribution in [1.29, 1.82) is 0 Å². The van der Waals surface area contributed by atoms with Gasteiger partial charge in [0.15, 0.2) is 0 Å². The summed E-state index contributed by atoms with van der Waals surface area (Å²) < 4.78 is 5.71. The molecule has 126 valence electrons. The molecule has 1 saturated carbocycles. The number of aryl methyl sites for hydroxylation is 1. The van der Waals surface area contributed by atoms with Crippen molar-refractivity contribution in [2.24, 2.45) is 5.92 Å². The van der Waals surface area contributed by atoms with Gasteiger partial charge in [0, 0.05) is 18.2 Å². The van der Waals surface area contributed by atoms with Gasteiger partial charge in [-0.1, -0.05) is 25.1 Å². The van der Waals surface area contributed by atoms with E-state index in [0.29, 0.717) is 11.6 Å². The molecule has 0 bridgehead atoms. The van der Waals surface area contributed by atoms with Crippen LogP contribution in [0.25, 0.3) is 11.5 Å². The van der Waals surface area contributed by atoms with Gasteiger partial charge < -0.3 is 14.4 Å². The Balaban J connectivity index is 1.85. The molecular weight excluding hydrogens is 308 g/mol. The van der Waals surface area contributed by atoms with E-state index < -0.39 is 11.9 Å². The first kappa shape index (κ1) is 16.2. The zero-order valence-electron chi connectivity index (χ0n) is 13.7. The smallest absolute Gasteiger partial charge is 0.308 e. The molecule has 1 unspecified atom stereocenters. The van der Waals surface area contributed by atoms with Crippen molar-refractivity contribution < 1.29 is 19.1 Å². The van der Waals surface area contributed by atoms with Crippen LogP contribution in [0.15, 0.2) is 34.7 Å². The predicted octanol–water partition coefficient (Wildman–Crippen LogP) is 2.98. The molecule has 0 spiro atoms. The Morgan fingerprint density at radius 2 is 2.00 bits per heavy atom. The second-order valence-electron chi connectivity index (χ2n) is 6.23. The monoisotopic (exact) mass is 328 g/mol. The minimum absolute atomic E-state index is 0.101. The maximum Gasteiger partial charge on any atom is 0.308 e. The van der Waals surface area contributed by atoms with Crippen molar-refractivity contribution in [2.75, 3.05) is 6.54 Å². The van der Waals surface area contributed by atoms with E-state index in [1.807, 2.05) is 30.3 Å². The van der Waals surface area contributed by atoms with Gasteiger partial charge in [-0.05, 0) is 31.9 Å². The lowest BCUT2D eigenvalue weighted by molar-refractivity contribution is -0.141. The largest absolute Gasteiger partial charge is 0.481 e. The maximum absolute atomic E-state index is 12.8. The summed E-state index contributed by atoms with van der Waals surface area (Å²) >= 11 is 0. The average Bonchev–Trinajstić information content (AvgIpc) is 3.34. The molecule has 0 aliphatic heterocycles. The molecule has 1 aromatic heterocycles. The zero-order valence-corrected chi connectivity index (χ0v) is 13.7. The lowest BCUT2D eigenvalue weighted by Gasteiger charge is -2.23. The van der Waals surface area contributed by atoms with Gasteiger partial charge in [0.1, 0.15) is 0 Å². The van der Waals surface area contributed by atoms with E-state index in [-0.39, 0.29) is 24.3 Å². The van der Waals surface area contributed by atoms with Crippen molar-refractivity contribution in [3.05, 3.63) is 41.8 Å². The number of carbonyl (C=O) groups is 2. The number of hydrogen-bond donors (Lipinski definition) is 1. The van der Waals surface area contributed by atoms with Crippen LogP contribution in [0.3, 0.4) is 0 Å². The van der Waals surface area contributed by atoms with Crippen LogP contribution < -0.4 is 0 Å². The molecule has 1 aromatic carbocycles. The molecule has 1 atom stereocenters. The lowest BCUT2D eigenvalue weighted by Crippen LogP contribution is -2.38. The molecule has 1 fully saturated rings. The highest BCUT2D eigenvalue weighted by Crippen LogP contribution is 2.31. The third kappa shape index (κ3) is 3.32. The molecule has 1 N–H and O–H groups in total. The van der Waals surface area contributed by atoms with Gasteiger partial charge in [-0.15, -0.1) is 0 Å². The van der Waals surface area contributed by atoms with Crippen molar-refractivity contribution in [3.8, 4) is 11.5 Å². The summed E-state index contributed by atoms with van der Waals surface area (Å²) in [6.07, 6.45) is 1.80. The maximum atomic E-state index is 12.8. The fraction of sp³-hybridized carbons (Fsp3) is 0.389. The van der Waals surface area contributed by atoms with Crippen LogP contribution in [0.4, 0.5) is 0 Å². The molecule has 2 aromatic rings. The molecule has 24 heavy (non-hydrogen) atoms. The molecule has 6 heteroatoms. The molecule has 1 heterocycles. The number of oxazole rings is 1. The van der Waals surface area contributed by atoms with Gasteiger partial charge >= 0.3 is 5.97 Å². The summed E-state index contributed by atoms with van der Waals surface area (Å²) in [6, 6.07) is 9.48. The van der Waals surface area contributed by atoms with Crippen LogP contribution >= 0.6 is 0 Å². The summed E-state index contributed by atoms with van der Waals surface area (Å²) in [5.74, 6) is -1.21. The Kier molecular flexibility index (Phi) is 4.38. The van der Waals surface area contributed by atoms with E-state index in [0.717, 1.165) is 18.4 Å². The summed E-state index contributed by atoms with van der Waals surface area (Å²) in [4.78, 5) is 29.9. The van der Waals surface area contributed by atoms with Crippen molar-refractivity contribution in [2.45, 2.75) is 32.7 Å². The molecular formula is C18H20N2O4. The Labute approximate surface area is 140 Å². The number of nitrogens with zero attached hydrogens (tertiary/aromatic N) is 2. The van der Waals surface area contributed by atoms with Crippen LogP contribution in [0.5, 0.6) is 0 Å². The zero-order chi connectivity index (χ0) is 17.3. The van der Waals surface area contributed by atoms with Gasteiger partial charge in [-0.2, -0.15) is 0 Å². The van der Waals surface area contributed by atoms with Gasteiger partial charge in [-0.25, -0.2) is 4.98 Å². The van der Waals surface area contributed by atoms with E-state index in [1.54, 1.807) is 18.7 Å². The minimum atomic E-state index is -0.910. The van der Waals surface area contributed by atoms with Crippen LogP contribution in [0, 0.1) is 12.8 Å². The topological polar surface area (TPSA) is 83.6 Å². The summed E-state index contributed by atoms with van der Waals surface area (Å²) in [5, 5.41) is 9.12. The first-order valence-electron chi connectivity index (χ1n) is 8.04. The standard InChI is InChI=1S/C18H20N2O4/c1-11(18(22)23)10-20(14-8-9-14)17(21)15-12(2)19-16(24-15)13-6-4-3-5-7-13/h3-7,11,14H,8-10H2,1-2H3,(H,22,23). The number of carboxylic acid groups (broad SMARTS) is 1. The molecule has 1 amide bonds. The van der Waals surface area contributed by atoms with Gasteiger partial charge in [0.2, 0.25) is 11.7 Å².